The molecule has 0 saturated carbocycles. The van der Waals surface area contributed by atoms with Crippen molar-refractivity contribution in [2.45, 2.75) is 26.3 Å². The highest BCUT2D eigenvalue weighted by Gasteiger charge is 2.27. The number of amides is 1. The van der Waals surface area contributed by atoms with Crippen molar-refractivity contribution in [1.82, 2.24) is 0 Å². The van der Waals surface area contributed by atoms with Crippen LogP contribution in [0.2, 0.25) is 0 Å². The summed E-state index contributed by atoms with van der Waals surface area (Å²) in [5, 5.41) is 3.04. The van der Waals surface area contributed by atoms with E-state index in [-0.39, 0.29) is 11.9 Å². The van der Waals surface area contributed by atoms with Gasteiger partial charge in [0.15, 0.2) is 6.04 Å². The van der Waals surface area contributed by atoms with Crippen molar-refractivity contribution in [3.05, 3.63) is 71.8 Å². The number of benzene rings is 2. The zero-order valence-corrected chi connectivity index (χ0v) is 14.4. The lowest BCUT2D eigenvalue weighted by Crippen LogP contribution is -3.17. The van der Waals surface area contributed by atoms with Crippen LogP contribution in [-0.2, 0) is 4.79 Å². The SMILES string of the molecule is Cc1cccc(NC(=O)[C@H](C)[NH+]2CC=C(c3ccccc3)CC2)c1. The third-order valence-corrected chi connectivity index (χ3v) is 4.76. The van der Waals surface area contributed by atoms with Crippen LogP contribution in [0.15, 0.2) is 60.7 Å². The van der Waals surface area contributed by atoms with Crippen molar-refractivity contribution in [3.63, 3.8) is 0 Å². The molecule has 0 radical (unpaired) electrons. The van der Waals surface area contributed by atoms with Gasteiger partial charge in [0.1, 0.15) is 0 Å². The molecule has 0 fully saturated rings. The van der Waals surface area contributed by atoms with Crippen LogP contribution in [-0.4, -0.2) is 25.0 Å². The lowest BCUT2D eigenvalue weighted by molar-refractivity contribution is -0.909. The Bertz CT molecular complexity index is 737. The van der Waals surface area contributed by atoms with E-state index in [0.717, 1.165) is 30.8 Å². The van der Waals surface area contributed by atoms with Crippen LogP contribution >= 0.6 is 0 Å². The number of quaternary nitrogens is 1. The van der Waals surface area contributed by atoms with Gasteiger partial charge in [0.25, 0.3) is 5.91 Å². The first-order valence-corrected chi connectivity index (χ1v) is 8.60. The van der Waals surface area contributed by atoms with Crippen LogP contribution in [0.1, 0.15) is 24.5 Å². The van der Waals surface area contributed by atoms with Gasteiger partial charge < -0.3 is 10.2 Å². The Labute approximate surface area is 144 Å². The van der Waals surface area contributed by atoms with Crippen LogP contribution in [0.25, 0.3) is 5.57 Å². The van der Waals surface area contributed by atoms with E-state index in [1.165, 1.54) is 16.0 Å². The fourth-order valence-corrected chi connectivity index (χ4v) is 3.22. The van der Waals surface area contributed by atoms with Crippen molar-refractivity contribution in [3.8, 4) is 0 Å². The van der Waals surface area contributed by atoms with Crippen molar-refractivity contribution in [2.75, 3.05) is 18.4 Å². The molecule has 2 atom stereocenters. The number of hydrogen-bond donors (Lipinski definition) is 2. The van der Waals surface area contributed by atoms with E-state index in [2.05, 4.69) is 35.7 Å². The van der Waals surface area contributed by atoms with E-state index in [0.29, 0.717) is 0 Å². The smallest absolute Gasteiger partial charge is 0.282 e. The van der Waals surface area contributed by atoms with E-state index < -0.39 is 0 Å². The van der Waals surface area contributed by atoms with Gasteiger partial charge >= 0.3 is 0 Å². The summed E-state index contributed by atoms with van der Waals surface area (Å²) in [6, 6.07) is 18.4. The van der Waals surface area contributed by atoms with E-state index in [4.69, 9.17) is 0 Å². The first-order chi connectivity index (χ1) is 11.6. The summed E-state index contributed by atoms with van der Waals surface area (Å²) in [6.45, 7) is 5.93. The Morgan fingerprint density at radius 3 is 2.58 bits per heavy atom. The third-order valence-electron chi connectivity index (χ3n) is 4.76. The second-order valence-corrected chi connectivity index (χ2v) is 6.54. The van der Waals surface area contributed by atoms with Gasteiger partial charge in [0.05, 0.1) is 13.1 Å². The minimum absolute atomic E-state index is 0.0564. The van der Waals surface area contributed by atoms with E-state index >= 15 is 0 Å². The average molecular weight is 321 g/mol. The molecule has 3 rings (SSSR count). The summed E-state index contributed by atoms with van der Waals surface area (Å²) in [7, 11) is 0. The molecule has 1 aliphatic heterocycles. The second-order valence-electron chi connectivity index (χ2n) is 6.54. The Balaban J connectivity index is 1.61. The predicted molar refractivity (Wildman–Crippen MR) is 99.0 cm³/mol. The molecule has 2 aromatic carbocycles. The fourth-order valence-electron chi connectivity index (χ4n) is 3.22. The zero-order valence-electron chi connectivity index (χ0n) is 14.4. The molecule has 3 nitrogen and oxygen atoms in total. The molecule has 0 bridgehead atoms. The first kappa shape index (κ1) is 16.5. The average Bonchev–Trinajstić information content (AvgIpc) is 2.62. The van der Waals surface area contributed by atoms with Gasteiger partial charge in [-0.25, -0.2) is 0 Å². The van der Waals surface area contributed by atoms with E-state index in [1.54, 1.807) is 0 Å². The number of rotatable bonds is 4. The van der Waals surface area contributed by atoms with E-state index in [9.17, 15) is 4.79 Å². The molecule has 1 heterocycles. The molecule has 0 aromatic heterocycles. The number of nitrogens with one attached hydrogen (secondary N) is 2. The van der Waals surface area contributed by atoms with Gasteiger partial charge in [-0.2, -0.15) is 0 Å². The molecule has 0 saturated heterocycles. The van der Waals surface area contributed by atoms with Gasteiger partial charge in [-0.3, -0.25) is 4.79 Å². The number of carbonyl (C=O) groups excluding carboxylic acids is 1. The normalized spacial score (nSPS) is 18.6. The van der Waals surface area contributed by atoms with Crippen molar-refractivity contribution in [1.29, 1.82) is 0 Å². The third kappa shape index (κ3) is 3.92. The van der Waals surface area contributed by atoms with Gasteiger partial charge in [0.2, 0.25) is 0 Å². The highest BCUT2D eigenvalue weighted by atomic mass is 16.2. The van der Waals surface area contributed by atoms with Crippen LogP contribution in [0, 0.1) is 6.92 Å². The van der Waals surface area contributed by atoms with Crippen molar-refractivity contribution < 1.29 is 9.69 Å². The number of hydrogen-bond acceptors (Lipinski definition) is 1. The number of carbonyl (C=O) groups is 1. The summed E-state index contributed by atoms with van der Waals surface area (Å²) >= 11 is 0. The van der Waals surface area contributed by atoms with Crippen LogP contribution < -0.4 is 10.2 Å². The lowest BCUT2D eigenvalue weighted by Gasteiger charge is -2.28. The maximum atomic E-state index is 12.5. The molecule has 0 aliphatic carbocycles. The van der Waals surface area contributed by atoms with Gasteiger partial charge in [-0.1, -0.05) is 42.5 Å². The molecule has 0 spiro atoms. The summed E-state index contributed by atoms with van der Waals surface area (Å²) in [5.41, 5.74) is 4.73. The molecule has 3 heteroatoms. The summed E-state index contributed by atoms with van der Waals surface area (Å²) < 4.78 is 0. The minimum Gasteiger partial charge on any atom is -0.321 e. The van der Waals surface area contributed by atoms with Gasteiger partial charge in [-0.05, 0) is 48.8 Å². The first-order valence-electron chi connectivity index (χ1n) is 8.60. The highest BCUT2D eigenvalue weighted by Crippen LogP contribution is 2.18. The molecule has 1 aliphatic rings. The van der Waals surface area contributed by atoms with Crippen molar-refractivity contribution >= 4 is 17.2 Å². The molecule has 2 aromatic rings. The van der Waals surface area contributed by atoms with E-state index in [1.807, 2.05) is 44.2 Å². The van der Waals surface area contributed by atoms with Crippen LogP contribution in [0.4, 0.5) is 5.69 Å². The summed E-state index contributed by atoms with van der Waals surface area (Å²) in [6.07, 6.45) is 3.30. The molecule has 2 N–H and O–H groups in total. The second kappa shape index (κ2) is 7.45. The highest BCUT2D eigenvalue weighted by molar-refractivity contribution is 5.93. The standard InChI is InChI=1S/C21H24N2O/c1-16-7-6-10-20(15-16)22-21(24)17(2)23-13-11-19(12-14-23)18-8-4-3-5-9-18/h3-11,15,17H,12-14H2,1-2H3,(H,22,24)/p+1/t17-/m0/s1. The maximum absolute atomic E-state index is 12.5. The van der Waals surface area contributed by atoms with Crippen LogP contribution in [0.5, 0.6) is 0 Å². The summed E-state index contributed by atoms with van der Waals surface area (Å²) in [4.78, 5) is 13.8. The van der Waals surface area contributed by atoms with Crippen LogP contribution in [0.3, 0.4) is 0 Å². The maximum Gasteiger partial charge on any atom is 0.282 e. The van der Waals surface area contributed by atoms with Crippen molar-refractivity contribution in [2.24, 2.45) is 0 Å². The quantitative estimate of drug-likeness (QED) is 0.892. The summed E-state index contributed by atoms with van der Waals surface area (Å²) in [5.74, 6) is 0.0900. The zero-order chi connectivity index (χ0) is 16.9. The number of aryl methyl sites for hydroxylation is 1. The largest absolute Gasteiger partial charge is 0.321 e. The lowest BCUT2D eigenvalue weighted by atomic mass is 9.99. The molecule has 1 unspecified atom stereocenters. The molecular weight excluding hydrogens is 296 g/mol. The van der Waals surface area contributed by atoms with Gasteiger partial charge in [-0.15, -0.1) is 0 Å². The molecule has 1 amide bonds. The number of anilines is 1. The molecule has 124 valence electrons. The predicted octanol–water partition coefficient (Wildman–Crippen LogP) is 2.69. The van der Waals surface area contributed by atoms with Gasteiger partial charge in [0, 0.05) is 12.1 Å². The Hall–Kier alpha value is -2.39. The Morgan fingerprint density at radius 2 is 1.92 bits per heavy atom. The minimum atomic E-state index is -0.0564. The Kier molecular flexibility index (Phi) is 5.11. The monoisotopic (exact) mass is 321 g/mol. The Morgan fingerprint density at radius 1 is 1.12 bits per heavy atom. The molecule has 24 heavy (non-hydrogen) atoms. The topological polar surface area (TPSA) is 33.5 Å². The molecular formula is C21H25N2O+. The fraction of sp³-hybridized carbons (Fsp3) is 0.286.